The van der Waals surface area contributed by atoms with E-state index >= 15 is 0 Å². The van der Waals surface area contributed by atoms with Crippen LogP contribution in [-0.2, 0) is 6.54 Å². The Morgan fingerprint density at radius 1 is 1.35 bits per heavy atom. The third-order valence-electron chi connectivity index (χ3n) is 3.37. The van der Waals surface area contributed by atoms with Crippen LogP contribution in [0.2, 0.25) is 0 Å². The molecule has 2 rings (SSSR count). The maximum atomic E-state index is 3.48. The van der Waals surface area contributed by atoms with Gasteiger partial charge in [0, 0.05) is 22.3 Å². The summed E-state index contributed by atoms with van der Waals surface area (Å²) in [5.74, 6) is 0. The van der Waals surface area contributed by atoms with E-state index in [1.54, 1.807) is 0 Å². The zero-order chi connectivity index (χ0) is 11.4. The van der Waals surface area contributed by atoms with E-state index in [2.05, 4.69) is 36.3 Å². The second kappa shape index (κ2) is 7.37. The van der Waals surface area contributed by atoms with Crippen molar-refractivity contribution in [2.75, 3.05) is 20.1 Å². The zero-order valence-corrected chi connectivity index (χ0v) is 12.4. The van der Waals surface area contributed by atoms with Crippen molar-refractivity contribution < 1.29 is 0 Å². The average Bonchev–Trinajstić information content (AvgIpc) is 2.56. The fraction of sp³-hybridized carbons (Fsp3) is 0.692. The number of halogens is 1. The standard InChI is InChI=1S/C13H22N2S.ClH/c1-11-5-6-13(16-11)10-15(2)12-4-3-8-14-9-7-12;/h5-6,12,14H,3-4,7-10H2,1-2H3;1H. The molecule has 1 fully saturated rings. The molecule has 2 heterocycles. The zero-order valence-electron chi connectivity index (χ0n) is 10.7. The van der Waals surface area contributed by atoms with Crippen molar-refractivity contribution in [3.8, 4) is 0 Å². The van der Waals surface area contributed by atoms with Crippen LogP contribution in [0.25, 0.3) is 0 Å². The van der Waals surface area contributed by atoms with Crippen LogP contribution in [0.3, 0.4) is 0 Å². The van der Waals surface area contributed by atoms with Crippen molar-refractivity contribution in [1.29, 1.82) is 0 Å². The fourth-order valence-corrected chi connectivity index (χ4v) is 3.34. The minimum absolute atomic E-state index is 0. The van der Waals surface area contributed by atoms with E-state index in [9.17, 15) is 0 Å². The molecule has 1 aliphatic heterocycles. The molecule has 0 amide bonds. The van der Waals surface area contributed by atoms with Crippen molar-refractivity contribution in [1.82, 2.24) is 10.2 Å². The van der Waals surface area contributed by atoms with Gasteiger partial charge < -0.3 is 5.32 Å². The fourth-order valence-electron chi connectivity index (χ4n) is 2.39. The van der Waals surface area contributed by atoms with Gasteiger partial charge in [-0.2, -0.15) is 0 Å². The van der Waals surface area contributed by atoms with Gasteiger partial charge in [-0.15, -0.1) is 23.7 Å². The highest BCUT2D eigenvalue weighted by molar-refractivity contribution is 7.11. The molecule has 1 saturated heterocycles. The molecule has 4 heteroatoms. The van der Waals surface area contributed by atoms with Crippen LogP contribution in [0.15, 0.2) is 12.1 Å². The summed E-state index contributed by atoms with van der Waals surface area (Å²) in [4.78, 5) is 5.45. The highest BCUT2D eigenvalue weighted by Gasteiger charge is 2.16. The number of nitrogens with one attached hydrogen (secondary N) is 1. The number of hydrogen-bond acceptors (Lipinski definition) is 3. The third-order valence-corrected chi connectivity index (χ3v) is 4.36. The van der Waals surface area contributed by atoms with Crippen LogP contribution in [-0.4, -0.2) is 31.1 Å². The summed E-state index contributed by atoms with van der Waals surface area (Å²) >= 11 is 1.93. The first-order valence-corrected chi connectivity index (χ1v) is 7.03. The maximum Gasteiger partial charge on any atom is 0.0327 e. The van der Waals surface area contributed by atoms with Crippen LogP contribution < -0.4 is 5.32 Å². The Bertz CT molecular complexity index is 319. The van der Waals surface area contributed by atoms with E-state index < -0.39 is 0 Å². The topological polar surface area (TPSA) is 15.3 Å². The first-order chi connectivity index (χ1) is 7.75. The number of thiophene rings is 1. The Kier molecular flexibility index (Phi) is 6.49. The van der Waals surface area contributed by atoms with Gasteiger partial charge >= 0.3 is 0 Å². The molecule has 1 N–H and O–H groups in total. The van der Waals surface area contributed by atoms with E-state index in [-0.39, 0.29) is 12.4 Å². The molecule has 1 aromatic heterocycles. The molecule has 1 atom stereocenters. The molecule has 1 aromatic rings. The van der Waals surface area contributed by atoms with Crippen molar-refractivity contribution in [3.63, 3.8) is 0 Å². The first-order valence-electron chi connectivity index (χ1n) is 6.22. The third kappa shape index (κ3) is 4.59. The molecule has 0 aromatic carbocycles. The lowest BCUT2D eigenvalue weighted by molar-refractivity contribution is 0.218. The molecule has 0 radical (unpaired) electrons. The first kappa shape index (κ1) is 15.0. The molecular weight excluding hydrogens is 252 g/mol. The van der Waals surface area contributed by atoms with Crippen LogP contribution in [0, 0.1) is 6.92 Å². The minimum Gasteiger partial charge on any atom is -0.317 e. The van der Waals surface area contributed by atoms with Gasteiger partial charge in [-0.25, -0.2) is 0 Å². The maximum absolute atomic E-state index is 3.48. The smallest absolute Gasteiger partial charge is 0.0327 e. The van der Waals surface area contributed by atoms with E-state index in [4.69, 9.17) is 0 Å². The lowest BCUT2D eigenvalue weighted by Gasteiger charge is -2.26. The molecule has 1 aliphatic rings. The molecule has 0 spiro atoms. The number of rotatable bonds is 3. The van der Waals surface area contributed by atoms with Crippen molar-refractivity contribution >= 4 is 23.7 Å². The molecule has 2 nitrogen and oxygen atoms in total. The van der Waals surface area contributed by atoms with Crippen LogP contribution in [0.5, 0.6) is 0 Å². The Balaban J connectivity index is 0.00000144. The van der Waals surface area contributed by atoms with Gasteiger partial charge in [0.15, 0.2) is 0 Å². The van der Waals surface area contributed by atoms with Crippen molar-refractivity contribution in [2.45, 2.75) is 38.8 Å². The summed E-state index contributed by atoms with van der Waals surface area (Å²) in [6, 6.07) is 5.26. The molecule has 0 aliphatic carbocycles. The highest BCUT2D eigenvalue weighted by Crippen LogP contribution is 2.20. The van der Waals surface area contributed by atoms with Crippen LogP contribution in [0.1, 0.15) is 29.0 Å². The lowest BCUT2D eigenvalue weighted by atomic mass is 10.1. The average molecular weight is 275 g/mol. The van der Waals surface area contributed by atoms with E-state index in [0.29, 0.717) is 0 Å². The molecule has 0 bridgehead atoms. The summed E-state index contributed by atoms with van der Waals surface area (Å²) in [5.41, 5.74) is 0. The van der Waals surface area contributed by atoms with Crippen LogP contribution in [0.4, 0.5) is 0 Å². The molecule has 0 saturated carbocycles. The van der Waals surface area contributed by atoms with Crippen molar-refractivity contribution in [3.05, 3.63) is 21.9 Å². The van der Waals surface area contributed by atoms with Gasteiger partial charge in [0.25, 0.3) is 0 Å². The van der Waals surface area contributed by atoms with Gasteiger partial charge in [-0.3, -0.25) is 4.90 Å². The van der Waals surface area contributed by atoms with Crippen molar-refractivity contribution in [2.24, 2.45) is 0 Å². The second-order valence-corrected chi connectivity index (χ2v) is 6.13. The van der Waals surface area contributed by atoms with E-state index in [1.807, 2.05) is 11.3 Å². The van der Waals surface area contributed by atoms with Gasteiger partial charge in [0.2, 0.25) is 0 Å². The summed E-state index contributed by atoms with van der Waals surface area (Å²) in [5, 5.41) is 3.48. The Labute approximate surface area is 115 Å². The largest absolute Gasteiger partial charge is 0.317 e. The predicted molar refractivity (Wildman–Crippen MR) is 78.3 cm³/mol. The Morgan fingerprint density at radius 3 is 2.88 bits per heavy atom. The summed E-state index contributed by atoms with van der Waals surface area (Å²) in [6.07, 6.45) is 3.95. The number of hydrogen-bond donors (Lipinski definition) is 1. The number of aryl methyl sites for hydroxylation is 1. The lowest BCUT2D eigenvalue weighted by Crippen LogP contribution is -2.31. The SMILES string of the molecule is Cc1ccc(CN(C)C2CCCNCC2)s1.Cl. The normalized spacial score (nSPS) is 21.0. The van der Waals surface area contributed by atoms with Gasteiger partial charge in [-0.1, -0.05) is 0 Å². The molecular formula is C13H23ClN2S. The Hall–Kier alpha value is -0.0900. The molecule has 98 valence electrons. The molecule has 1 unspecified atom stereocenters. The summed E-state index contributed by atoms with van der Waals surface area (Å²) in [7, 11) is 2.27. The molecule has 17 heavy (non-hydrogen) atoms. The second-order valence-electron chi connectivity index (χ2n) is 4.76. The van der Waals surface area contributed by atoms with Gasteiger partial charge in [-0.05, 0) is 58.5 Å². The van der Waals surface area contributed by atoms with E-state index in [1.165, 1.54) is 42.1 Å². The summed E-state index contributed by atoms with van der Waals surface area (Å²) < 4.78 is 0. The predicted octanol–water partition coefficient (Wildman–Crippen LogP) is 3.05. The quantitative estimate of drug-likeness (QED) is 0.911. The Morgan fingerprint density at radius 2 is 2.18 bits per heavy atom. The minimum atomic E-state index is 0. The monoisotopic (exact) mass is 274 g/mol. The van der Waals surface area contributed by atoms with Gasteiger partial charge in [0.05, 0.1) is 0 Å². The number of nitrogens with zero attached hydrogens (tertiary/aromatic N) is 1. The highest BCUT2D eigenvalue weighted by atomic mass is 35.5. The van der Waals surface area contributed by atoms with Gasteiger partial charge in [0.1, 0.15) is 0 Å². The van der Waals surface area contributed by atoms with Crippen LogP contribution >= 0.6 is 23.7 Å². The van der Waals surface area contributed by atoms with E-state index in [0.717, 1.165) is 12.6 Å². The summed E-state index contributed by atoms with van der Waals surface area (Å²) in [6.45, 7) is 5.67.